The number of aliphatic hydroxyl groups is 2. The van der Waals surface area contributed by atoms with Crippen LogP contribution >= 0.6 is 27.3 Å². The molecule has 1 unspecified atom stereocenters. The van der Waals surface area contributed by atoms with Gasteiger partial charge in [0.05, 0.1) is 9.89 Å². The summed E-state index contributed by atoms with van der Waals surface area (Å²) in [6, 6.07) is 3.87. The van der Waals surface area contributed by atoms with E-state index in [1.165, 1.54) is 0 Å². The van der Waals surface area contributed by atoms with Crippen LogP contribution in [0.5, 0.6) is 0 Å². The number of thiophene rings is 1. The highest BCUT2D eigenvalue weighted by Crippen LogP contribution is 2.29. The molecule has 0 saturated carbocycles. The Morgan fingerprint density at radius 3 is 2.69 bits per heavy atom. The third-order valence-corrected chi connectivity index (χ3v) is 3.53. The van der Waals surface area contributed by atoms with Gasteiger partial charge in [-0.15, -0.1) is 11.3 Å². The van der Waals surface area contributed by atoms with E-state index in [1.807, 2.05) is 12.1 Å². The molecule has 0 aliphatic rings. The first-order chi connectivity index (χ1) is 6.24. The van der Waals surface area contributed by atoms with E-state index < -0.39 is 0 Å². The summed E-state index contributed by atoms with van der Waals surface area (Å²) >= 11 is 4.91. The van der Waals surface area contributed by atoms with Crippen LogP contribution in [0.1, 0.15) is 30.2 Å². The van der Waals surface area contributed by atoms with E-state index in [1.54, 1.807) is 11.3 Å². The Balaban J connectivity index is 2.35. The van der Waals surface area contributed by atoms with Crippen molar-refractivity contribution in [3.05, 3.63) is 20.8 Å². The van der Waals surface area contributed by atoms with Gasteiger partial charge in [0.25, 0.3) is 0 Å². The lowest BCUT2D eigenvalue weighted by molar-refractivity contribution is 0.163. The molecule has 0 saturated heterocycles. The lowest BCUT2D eigenvalue weighted by atomic mass is 10.1. The summed E-state index contributed by atoms with van der Waals surface area (Å²) in [7, 11) is 0. The van der Waals surface area contributed by atoms with Gasteiger partial charge in [-0.2, -0.15) is 0 Å². The monoisotopic (exact) mass is 264 g/mol. The summed E-state index contributed by atoms with van der Waals surface area (Å²) in [5.74, 6) is 0. The van der Waals surface area contributed by atoms with Crippen molar-refractivity contribution in [3.63, 3.8) is 0 Å². The second-order valence-electron chi connectivity index (χ2n) is 2.88. The Hall–Kier alpha value is 0.1000. The first-order valence-corrected chi connectivity index (χ1v) is 5.89. The average Bonchev–Trinajstić information content (AvgIpc) is 2.52. The standard InChI is InChI=1S/C9H13BrO2S/c10-9-5-4-8(13-9)7(12)3-1-2-6-11/h4-5,7,11-12H,1-3,6H2. The van der Waals surface area contributed by atoms with E-state index in [2.05, 4.69) is 15.9 Å². The molecule has 1 aromatic heterocycles. The molecule has 1 aromatic rings. The van der Waals surface area contributed by atoms with Gasteiger partial charge < -0.3 is 10.2 Å². The highest BCUT2D eigenvalue weighted by molar-refractivity contribution is 9.11. The van der Waals surface area contributed by atoms with Crippen molar-refractivity contribution >= 4 is 27.3 Å². The molecule has 0 aliphatic heterocycles. The van der Waals surface area contributed by atoms with Gasteiger partial charge >= 0.3 is 0 Å². The number of unbranched alkanes of at least 4 members (excludes halogenated alkanes) is 1. The zero-order valence-corrected chi connectivity index (χ0v) is 9.64. The molecule has 1 heterocycles. The van der Waals surface area contributed by atoms with E-state index in [0.717, 1.165) is 27.9 Å². The van der Waals surface area contributed by atoms with Crippen LogP contribution < -0.4 is 0 Å². The molecule has 2 N–H and O–H groups in total. The SMILES string of the molecule is OCCCCC(O)c1ccc(Br)s1. The van der Waals surface area contributed by atoms with Crippen LogP contribution in [0.4, 0.5) is 0 Å². The first kappa shape index (κ1) is 11.2. The molecule has 74 valence electrons. The largest absolute Gasteiger partial charge is 0.396 e. The van der Waals surface area contributed by atoms with Gasteiger partial charge in [-0.25, -0.2) is 0 Å². The maximum absolute atomic E-state index is 9.67. The molecule has 0 aliphatic carbocycles. The normalized spacial score (nSPS) is 13.2. The predicted octanol–water partition coefficient (Wildman–Crippen LogP) is 2.71. The van der Waals surface area contributed by atoms with E-state index in [4.69, 9.17) is 5.11 Å². The minimum Gasteiger partial charge on any atom is -0.396 e. The number of halogens is 1. The molecule has 2 nitrogen and oxygen atoms in total. The molecule has 1 atom stereocenters. The van der Waals surface area contributed by atoms with Crippen LogP contribution in [0.15, 0.2) is 15.9 Å². The molecule has 0 aromatic carbocycles. The molecule has 4 heteroatoms. The summed E-state index contributed by atoms with van der Waals surface area (Å²) in [5.41, 5.74) is 0. The Morgan fingerprint density at radius 2 is 2.15 bits per heavy atom. The Kier molecular flexibility index (Phi) is 4.94. The predicted molar refractivity (Wildman–Crippen MR) is 57.9 cm³/mol. The van der Waals surface area contributed by atoms with E-state index in [9.17, 15) is 5.11 Å². The maximum Gasteiger partial charge on any atom is 0.0882 e. The van der Waals surface area contributed by atoms with Crippen LogP contribution in [-0.4, -0.2) is 16.8 Å². The highest BCUT2D eigenvalue weighted by Gasteiger charge is 2.08. The zero-order valence-electron chi connectivity index (χ0n) is 7.24. The van der Waals surface area contributed by atoms with Crippen LogP contribution in [0, 0.1) is 0 Å². The second kappa shape index (κ2) is 5.75. The van der Waals surface area contributed by atoms with E-state index in [-0.39, 0.29) is 12.7 Å². The van der Waals surface area contributed by atoms with Crippen molar-refractivity contribution in [2.24, 2.45) is 0 Å². The van der Waals surface area contributed by atoms with Gasteiger partial charge in [-0.3, -0.25) is 0 Å². The quantitative estimate of drug-likeness (QED) is 0.803. The van der Waals surface area contributed by atoms with Crippen molar-refractivity contribution in [1.29, 1.82) is 0 Å². The lowest BCUT2D eigenvalue weighted by Crippen LogP contribution is -1.95. The average molecular weight is 265 g/mol. The van der Waals surface area contributed by atoms with E-state index in [0.29, 0.717) is 0 Å². The summed E-state index contributed by atoms with van der Waals surface area (Å²) < 4.78 is 1.05. The number of hydrogen-bond donors (Lipinski definition) is 2. The van der Waals surface area contributed by atoms with Gasteiger partial charge in [0.1, 0.15) is 0 Å². The van der Waals surface area contributed by atoms with Crippen LogP contribution in [0.3, 0.4) is 0 Å². The van der Waals surface area contributed by atoms with Crippen LogP contribution in [0.2, 0.25) is 0 Å². The molecular weight excluding hydrogens is 252 g/mol. The molecule has 0 fully saturated rings. The lowest BCUT2D eigenvalue weighted by Gasteiger charge is -2.06. The minimum atomic E-state index is -0.372. The maximum atomic E-state index is 9.67. The number of rotatable bonds is 5. The second-order valence-corrected chi connectivity index (χ2v) is 5.37. The fourth-order valence-electron chi connectivity index (χ4n) is 1.10. The van der Waals surface area contributed by atoms with Crippen molar-refractivity contribution in [3.8, 4) is 0 Å². The van der Waals surface area contributed by atoms with Crippen LogP contribution in [0.25, 0.3) is 0 Å². The molecule has 13 heavy (non-hydrogen) atoms. The van der Waals surface area contributed by atoms with Gasteiger partial charge in [-0.1, -0.05) is 0 Å². The minimum absolute atomic E-state index is 0.209. The summed E-state index contributed by atoms with van der Waals surface area (Å²) in [4.78, 5) is 0.991. The topological polar surface area (TPSA) is 40.5 Å². The molecular formula is C9H13BrO2S. The van der Waals surface area contributed by atoms with E-state index >= 15 is 0 Å². The van der Waals surface area contributed by atoms with Crippen LogP contribution in [-0.2, 0) is 0 Å². The third-order valence-electron chi connectivity index (χ3n) is 1.81. The fourth-order valence-corrected chi connectivity index (χ4v) is 2.54. The van der Waals surface area contributed by atoms with Gasteiger partial charge in [0.15, 0.2) is 0 Å². The van der Waals surface area contributed by atoms with Gasteiger partial charge in [0, 0.05) is 11.5 Å². The van der Waals surface area contributed by atoms with Crippen molar-refractivity contribution in [2.45, 2.75) is 25.4 Å². The number of hydrogen-bond acceptors (Lipinski definition) is 3. The fraction of sp³-hybridized carbons (Fsp3) is 0.556. The third kappa shape index (κ3) is 3.77. The molecule has 0 amide bonds. The first-order valence-electron chi connectivity index (χ1n) is 4.28. The molecule has 0 spiro atoms. The smallest absolute Gasteiger partial charge is 0.0882 e. The summed E-state index contributed by atoms with van der Waals surface area (Å²) in [5, 5.41) is 18.2. The molecule has 0 radical (unpaired) electrons. The Bertz CT molecular complexity index is 250. The van der Waals surface area contributed by atoms with Crippen molar-refractivity contribution in [2.75, 3.05) is 6.61 Å². The Labute approximate surface area is 90.4 Å². The summed E-state index contributed by atoms with van der Waals surface area (Å²) in [6.45, 7) is 0.209. The summed E-state index contributed by atoms with van der Waals surface area (Å²) in [6.07, 6.45) is 1.99. The van der Waals surface area contributed by atoms with Gasteiger partial charge in [-0.05, 0) is 47.3 Å². The highest BCUT2D eigenvalue weighted by atomic mass is 79.9. The van der Waals surface area contributed by atoms with Crippen molar-refractivity contribution in [1.82, 2.24) is 0 Å². The van der Waals surface area contributed by atoms with Crippen molar-refractivity contribution < 1.29 is 10.2 Å². The van der Waals surface area contributed by atoms with Gasteiger partial charge in [0.2, 0.25) is 0 Å². The number of aliphatic hydroxyl groups excluding tert-OH is 2. The molecule has 1 rings (SSSR count). The zero-order chi connectivity index (χ0) is 9.68. The molecule has 0 bridgehead atoms. The Morgan fingerprint density at radius 1 is 1.38 bits per heavy atom.